The third-order valence-electron chi connectivity index (χ3n) is 2.48. The van der Waals surface area contributed by atoms with Gasteiger partial charge in [-0.25, -0.2) is 0 Å². The molecule has 1 rings (SSSR count). The third-order valence-corrected chi connectivity index (χ3v) is 2.48. The molecule has 1 unspecified atom stereocenters. The number of alkyl halides is 2. The quantitative estimate of drug-likeness (QED) is 0.865. The van der Waals surface area contributed by atoms with Crippen LogP contribution in [0.5, 0.6) is 0 Å². The summed E-state index contributed by atoms with van der Waals surface area (Å²) in [7, 11) is 0. The summed E-state index contributed by atoms with van der Waals surface area (Å²) in [5, 5.41) is 2.38. The summed E-state index contributed by atoms with van der Waals surface area (Å²) in [5.74, 6) is -1.23. The Kier molecular flexibility index (Phi) is 4.21. The van der Waals surface area contributed by atoms with Crippen molar-refractivity contribution in [1.82, 2.24) is 5.32 Å². The van der Waals surface area contributed by atoms with Crippen molar-refractivity contribution in [2.75, 3.05) is 0 Å². The Bertz CT molecular complexity index is 371. The molecule has 0 bridgehead atoms. The number of nitrogens with one attached hydrogen (secondary N) is 1. The molecule has 1 N–H and O–H groups in total. The summed E-state index contributed by atoms with van der Waals surface area (Å²) in [5.41, 5.74) is 0.500. The van der Waals surface area contributed by atoms with Crippen molar-refractivity contribution in [2.24, 2.45) is 5.41 Å². The van der Waals surface area contributed by atoms with Crippen LogP contribution in [0.2, 0.25) is 0 Å². The molecule has 1 aromatic rings. The highest BCUT2D eigenvalue weighted by Gasteiger charge is 2.30. The van der Waals surface area contributed by atoms with Crippen molar-refractivity contribution in [3.63, 3.8) is 0 Å². The van der Waals surface area contributed by atoms with Gasteiger partial charge >= 0.3 is 6.43 Å². The third kappa shape index (κ3) is 3.80. The summed E-state index contributed by atoms with van der Waals surface area (Å²) >= 11 is 0. The SMILES string of the molecule is CC(C)(C)C(NC(=O)C(F)F)c1ccccc1. The van der Waals surface area contributed by atoms with Gasteiger partial charge in [-0.05, 0) is 11.0 Å². The monoisotopic (exact) mass is 241 g/mol. The number of carbonyl (C=O) groups is 1. The van der Waals surface area contributed by atoms with Crippen LogP contribution in [0.3, 0.4) is 0 Å². The molecule has 0 aliphatic carbocycles. The lowest BCUT2D eigenvalue weighted by Gasteiger charge is -2.31. The first-order valence-electron chi connectivity index (χ1n) is 5.46. The molecule has 94 valence electrons. The van der Waals surface area contributed by atoms with Crippen LogP contribution in [0.15, 0.2) is 30.3 Å². The van der Waals surface area contributed by atoms with Gasteiger partial charge in [0.1, 0.15) is 0 Å². The van der Waals surface area contributed by atoms with Crippen LogP contribution in [-0.2, 0) is 4.79 Å². The molecule has 1 atom stereocenters. The Hall–Kier alpha value is -1.45. The van der Waals surface area contributed by atoms with Gasteiger partial charge in [-0.15, -0.1) is 0 Å². The molecule has 0 saturated carbocycles. The maximum absolute atomic E-state index is 12.3. The average Bonchev–Trinajstić information content (AvgIpc) is 2.25. The zero-order valence-electron chi connectivity index (χ0n) is 10.2. The fraction of sp³-hybridized carbons (Fsp3) is 0.462. The molecule has 0 aromatic heterocycles. The van der Waals surface area contributed by atoms with Gasteiger partial charge in [0.15, 0.2) is 0 Å². The second-order valence-corrected chi connectivity index (χ2v) is 5.02. The van der Waals surface area contributed by atoms with E-state index in [1.807, 2.05) is 51.1 Å². The van der Waals surface area contributed by atoms with Crippen LogP contribution in [-0.4, -0.2) is 12.3 Å². The largest absolute Gasteiger partial charge is 0.344 e. The maximum atomic E-state index is 12.3. The van der Waals surface area contributed by atoms with E-state index in [1.165, 1.54) is 0 Å². The van der Waals surface area contributed by atoms with Crippen molar-refractivity contribution < 1.29 is 13.6 Å². The van der Waals surface area contributed by atoms with Crippen molar-refractivity contribution >= 4 is 5.91 Å². The van der Waals surface area contributed by atoms with Crippen LogP contribution in [0.4, 0.5) is 8.78 Å². The van der Waals surface area contributed by atoms with Crippen molar-refractivity contribution in [1.29, 1.82) is 0 Å². The Labute approximate surface area is 100 Å². The molecular weight excluding hydrogens is 224 g/mol. The molecule has 0 aliphatic rings. The minimum Gasteiger partial charge on any atom is -0.344 e. The van der Waals surface area contributed by atoms with Crippen molar-refractivity contribution in [3.05, 3.63) is 35.9 Å². The number of carbonyl (C=O) groups excluding carboxylic acids is 1. The van der Waals surface area contributed by atoms with Crippen LogP contribution in [0, 0.1) is 5.41 Å². The predicted octanol–water partition coefficient (Wildman–Crippen LogP) is 3.16. The predicted molar refractivity (Wildman–Crippen MR) is 62.8 cm³/mol. The van der Waals surface area contributed by atoms with E-state index in [0.29, 0.717) is 0 Å². The molecular formula is C13H17F2NO. The van der Waals surface area contributed by atoms with Crippen molar-refractivity contribution in [2.45, 2.75) is 33.2 Å². The van der Waals surface area contributed by atoms with E-state index in [9.17, 15) is 13.6 Å². The molecule has 2 nitrogen and oxygen atoms in total. The minimum atomic E-state index is -2.98. The first-order valence-corrected chi connectivity index (χ1v) is 5.46. The molecule has 0 fully saturated rings. The number of amides is 1. The standard InChI is InChI=1S/C13H17F2NO/c1-13(2,3)10(16-12(17)11(14)15)9-7-5-4-6-8-9/h4-8,10-11H,1-3H3,(H,16,17). The topological polar surface area (TPSA) is 29.1 Å². The summed E-state index contributed by atoms with van der Waals surface area (Å²) in [4.78, 5) is 11.1. The molecule has 17 heavy (non-hydrogen) atoms. The fourth-order valence-corrected chi connectivity index (χ4v) is 1.65. The number of halogens is 2. The molecule has 1 amide bonds. The lowest BCUT2D eigenvalue weighted by molar-refractivity contribution is -0.133. The Morgan fingerprint density at radius 2 is 1.71 bits per heavy atom. The summed E-state index contributed by atoms with van der Waals surface area (Å²) in [6.45, 7) is 5.70. The van der Waals surface area contributed by atoms with E-state index in [0.717, 1.165) is 5.56 Å². The second-order valence-electron chi connectivity index (χ2n) is 5.02. The number of benzene rings is 1. The van der Waals surface area contributed by atoms with Gasteiger partial charge in [0.2, 0.25) is 0 Å². The van der Waals surface area contributed by atoms with Crippen LogP contribution in [0.25, 0.3) is 0 Å². The zero-order valence-corrected chi connectivity index (χ0v) is 10.2. The summed E-state index contributed by atoms with van der Waals surface area (Å²) < 4.78 is 24.6. The van der Waals surface area contributed by atoms with Crippen LogP contribution >= 0.6 is 0 Å². The Morgan fingerprint density at radius 1 is 1.18 bits per heavy atom. The van der Waals surface area contributed by atoms with Gasteiger partial charge in [0, 0.05) is 0 Å². The van der Waals surface area contributed by atoms with E-state index >= 15 is 0 Å². The van der Waals surface area contributed by atoms with E-state index in [4.69, 9.17) is 0 Å². The van der Waals surface area contributed by atoms with Gasteiger partial charge in [-0.2, -0.15) is 8.78 Å². The maximum Gasteiger partial charge on any atom is 0.315 e. The van der Waals surface area contributed by atoms with Gasteiger partial charge in [0.25, 0.3) is 5.91 Å². The van der Waals surface area contributed by atoms with E-state index < -0.39 is 18.4 Å². The second kappa shape index (κ2) is 5.25. The van der Waals surface area contributed by atoms with Gasteiger partial charge in [0.05, 0.1) is 6.04 Å². The minimum absolute atomic E-state index is 0.327. The zero-order chi connectivity index (χ0) is 13.1. The number of rotatable bonds is 3. The molecule has 0 saturated heterocycles. The Morgan fingerprint density at radius 3 is 2.12 bits per heavy atom. The Balaban J connectivity index is 2.95. The first-order chi connectivity index (χ1) is 7.82. The molecule has 0 aliphatic heterocycles. The highest BCUT2D eigenvalue weighted by molar-refractivity contribution is 5.79. The number of hydrogen-bond donors (Lipinski definition) is 1. The molecule has 0 spiro atoms. The first kappa shape index (κ1) is 13.6. The molecule has 1 aromatic carbocycles. The molecule has 0 heterocycles. The van der Waals surface area contributed by atoms with Gasteiger partial charge in [-0.3, -0.25) is 4.79 Å². The van der Waals surface area contributed by atoms with Gasteiger partial charge in [-0.1, -0.05) is 51.1 Å². The summed E-state index contributed by atoms with van der Waals surface area (Å²) in [6.07, 6.45) is -2.98. The molecule has 0 radical (unpaired) electrons. The van der Waals surface area contributed by atoms with E-state index in [-0.39, 0.29) is 5.41 Å². The smallest absolute Gasteiger partial charge is 0.315 e. The van der Waals surface area contributed by atoms with Gasteiger partial charge < -0.3 is 5.32 Å². The highest BCUT2D eigenvalue weighted by atomic mass is 19.3. The van der Waals surface area contributed by atoms with E-state index in [1.54, 1.807) is 0 Å². The summed E-state index contributed by atoms with van der Waals surface area (Å²) in [6, 6.07) is 8.71. The fourth-order valence-electron chi connectivity index (χ4n) is 1.65. The van der Waals surface area contributed by atoms with Crippen LogP contribution in [0.1, 0.15) is 32.4 Å². The molecule has 4 heteroatoms. The lowest BCUT2D eigenvalue weighted by atomic mass is 9.82. The lowest BCUT2D eigenvalue weighted by Crippen LogP contribution is -2.39. The average molecular weight is 241 g/mol. The van der Waals surface area contributed by atoms with Crippen LogP contribution < -0.4 is 5.32 Å². The van der Waals surface area contributed by atoms with Crippen molar-refractivity contribution in [3.8, 4) is 0 Å². The van der Waals surface area contributed by atoms with E-state index in [2.05, 4.69) is 5.32 Å². The normalized spacial score (nSPS) is 13.5. The highest BCUT2D eigenvalue weighted by Crippen LogP contribution is 2.32. The number of hydrogen-bond acceptors (Lipinski definition) is 1.